The van der Waals surface area contributed by atoms with E-state index in [0.717, 1.165) is 5.56 Å². The molecule has 5 nitrogen and oxygen atoms in total. The van der Waals surface area contributed by atoms with Gasteiger partial charge in [0.1, 0.15) is 11.5 Å². The summed E-state index contributed by atoms with van der Waals surface area (Å²) in [6.07, 6.45) is 1.47. The molecule has 0 radical (unpaired) electrons. The highest BCUT2D eigenvalue weighted by atomic mass is 32.2. The number of rotatable bonds is 3. The largest absolute Gasteiger partial charge is 0.361 e. The lowest BCUT2D eigenvalue weighted by Crippen LogP contribution is -2.03. The van der Waals surface area contributed by atoms with Gasteiger partial charge in [-0.05, 0) is 31.2 Å². The van der Waals surface area contributed by atoms with Gasteiger partial charge in [0.15, 0.2) is 0 Å². The Labute approximate surface area is 140 Å². The van der Waals surface area contributed by atoms with Crippen molar-refractivity contribution in [3.05, 3.63) is 72.0 Å². The van der Waals surface area contributed by atoms with Gasteiger partial charge in [0.2, 0.25) is 0 Å². The predicted molar refractivity (Wildman–Crippen MR) is 92.2 cm³/mol. The number of aromatic nitrogens is 1. The number of carbonyl (C=O) groups is 1. The zero-order valence-electron chi connectivity index (χ0n) is 13.3. The zero-order chi connectivity index (χ0) is 17.2. The van der Waals surface area contributed by atoms with Crippen molar-refractivity contribution in [2.45, 2.75) is 11.8 Å². The minimum absolute atomic E-state index is 0.379. The standard InChI is InChI=1S/C18H16N2O3S/c1-13-12-17(19-23-13)14-8-10-15(11-9-14)18(21)20-24(2,22)16-6-4-3-5-7-16/h3-12H,1-2H3. The fraction of sp³-hybridized carbons (Fsp3) is 0.111. The molecule has 1 atom stereocenters. The molecule has 2 aromatic carbocycles. The third-order valence-electron chi connectivity index (χ3n) is 3.49. The summed E-state index contributed by atoms with van der Waals surface area (Å²) in [5.74, 6) is 0.211. The predicted octanol–water partition coefficient (Wildman–Crippen LogP) is 3.95. The SMILES string of the molecule is Cc1cc(-c2ccc(C(=O)N=S(C)(=O)c3ccccc3)cc2)no1. The van der Waals surface area contributed by atoms with E-state index >= 15 is 0 Å². The molecule has 0 fully saturated rings. The van der Waals surface area contributed by atoms with Crippen LogP contribution in [-0.4, -0.2) is 21.5 Å². The molecule has 1 unspecified atom stereocenters. The summed E-state index contributed by atoms with van der Waals surface area (Å²) >= 11 is 0. The summed E-state index contributed by atoms with van der Waals surface area (Å²) < 4.78 is 21.6. The van der Waals surface area contributed by atoms with Crippen LogP contribution in [0.3, 0.4) is 0 Å². The molecule has 3 aromatic rings. The van der Waals surface area contributed by atoms with E-state index < -0.39 is 15.6 Å². The number of hydrogen-bond donors (Lipinski definition) is 0. The highest BCUT2D eigenvalue weighted by Gasteiger charge is 2.12. The molecule has 0 saturated carbocycles. The maximum Gasteiger partial charge on any atom is 0.285 e. The molecule has 0 N–H and O–H groups in total. The Hall–Kier alpha value is -2.73. The van der Waals surface area contributed by atoms with Crippen LogP contribution >= 0.6 is 0 Å². The Kier molecular flexibility index (Phi) is 4.31. The van der Waals surface area contributed by atoms with Gasteiger partial charge in [-0.25, -0.2) is 4.21 Å². The van der Waals surface area contributed by atoms with Crippen molar-refractivity contribution in [1.29, 1.82) is 0 Å². The average Bonchev–Trinajstić information content (AvgIpc) is 3.02. The van der Waals surface area contributed by atoms with Crippen LogP contribution in [0.5, 0.6) is 0 Å². The Morgan fingerprint density at radius 3 is 2.33 bits per heavy atom. The topological polar surface area (TPSA) is 72.5 Å². The second-order valence-electron chi connectivity index (χ2n) is 5.41. The molecule has 0 aliphatic carbocycles. The van der Waals surface area contributed by atoms with Crippen molar-refractivity contribution in [2.24, 2.45) is 4.36 Å². The number of carbonyl (C=O) groups excluding carboxylic acids is 1. The normalized spacial score (nSPS) is 13.2. The van der Waals surface area contributed by atoms with Gasteiger partial charge in [-0.15, -0.1) is 0 Å². The third-order valence-corrected chi connectivity index (χ3v) is 5.15. The third kappa shape index (κ3) is 3.44. The fourth-order valence-electron chi connectivity index (χ4n) is 2.22. The van der Waals surface area contributed by atoms with E-state index in [4.69, 9.17) is 4.52 Å². The second-order valence-corrected chi connectivity index (χ2v) is 7.67. The molecule has 1 heterocycles. The molecule has 122 valence electrons. The van der Waals surface area contributed by atoms with E-state index in [1.54, 1.807) is 48.5 Å². The second kappa shape index (κ2) is 6.41. The van der Waals surface area contributed by atoms with Gasteiger partial charge in [0.05, 0.1) is 9.73 Å². The molecule has 0 aliphatic rings. The molecule has 0 saturated heterocycles. The van der Waals surface area contributed by atoms with Gasteiger partial charge in [0, 0.05) is 28.3 Å². The Morgan fingerprint density at radius 1 is 1.08 bits per heavy atom. The number of hydrogen-bond acceptors (Lipinski definition) is 4. The quantitative estimate of drug-likeness (QED) is 0.724. The summed E-state index contributed by atoms with van der Waals surface area (Å²) in [4.78, 5) is 12.8. The van der Waals surface area contributed by atoms with Crippen LogP contribution < -0.4 is 0 Å². The minimum Gasteiger partial charge on any atom is -0.361 e. The first-order valence-electron chi connectivity index (χ1n) is 7.31. The van der Waals surface area contributed by atoms with Gasteiger partial charge >= 0.3 is 0 Å². The Bertz CT molecular complexity index is 983. The van der Waals surface area contributed by atoms with Crippen molar-refractivity contribution in [1.82, 2.24) is 5.16 Å². The molecule has 6 heteroatoms. The van der Waals surface area contributed by atoms with Crippen LogP contribution in [-0.2, 0) is 9.73 Å². The molecule has 1 aromatic heterocycles. The highest BCUT2D eigenvalue weighted by molar-refractivity contribution is 7.93. The van der Waals surface area contributed by atoms with Crippen molar-refractivity contribution in [3.63, 3.8) is 0 Å². The molecule has 24 heavy (non-hydrogen) atoms. The molecule has 0 aliphatic heterocycles. The van der Waals surface area contributed by atoms with Gasteiger partial charge < -0.3 is 4.52 Å². The first-order chi connectivity index (χ1) is 11.5. The van der Waals surface area contributed by atoms with E-state index in [1.807, 2.05) is 19.1 Å². The Morgan fingerprint density at radius 2 is 1.75 bits per heavy atom. The molecule has 0 bridgehead atoms. The Balaban J connectivity index is 1.88. The number of nitrogens with zero attached hydrogens (tertiary/aromatic N) is 2. The smallest absolute Gasteiger partial charge is 0.285 e. The summed E-state index contributed by atoms with van der Waals surface area (Å²) in [6, 6.07) is 17.4. The highest BCUT2D eigenvalue weighted by Crippen LogP contribution is 2.20. The van der Waals surface area contributed by atoms with E-state index in [1.165, 1.54) is 6.26 Å². The summed E-state index contributed by atoms with van der Waals surface area (Å²) in [7, 11) is -2.77. The van der Waals surface area contributed by atoms with Crippen LogP contribution in [0.25, 0.3) is 11.3 Å². The van der Waals surface area contributed by atoms with Crippen molar-refractivity contribution in [2.75, 3.05) is 6.26 Å². The average molecular weight is 340 g/mol. The molecular formula is C18H16N2O3S. The van der Waals surface area contributed by atoms with Gasteiger partial charge in [-0.1, -0.05) is 35.5 Å². The minimum atomic E-state index is -2.77. The summed E-state index contributed by atoms with van der Waals surface area (Å²) in [5, 5.41) is 3.93. The first-order valence-corrected chi connectivity index (χ1v) is 9.23. The van der Waals surface area contributed by atoms with E-state index in [2.05, 4.69) is 9.52 Å². The lowest BCUT2D eigenvalue weighted by molar-refractivity contribution is 0.100. The van der Waals surface area contributed by atoms with Crippen LogP contribution in [0.1, 0.15) is 16.1 Å². The zero-order valence-corrected chi connectivity index (χ0v) is 14.1. The number of aryl methyl sites for hydroxylation is 1. The molecule has 1 amide bonds. The first kappa shape index (κ1) is 16.1. The lowest BCUT2D eigenvalue weighted by atomic mass is 10.1. The van der Waals surface area contributed by atoms with Gasteiger partial charge in [-0.2, -0.15) is 4.36 Å². The van der Waals surface area contributed by atoms with Crippen LogP contribution in [0, 0.1) is 6.92 Å². The van der Waals surface area contributed by atoms with Crippen LogP contribution in [0.15, 0.2) is 74.4 Å². The monoisotopic (exact) mass is 340 g/mol. The van der Waals surface area contributed by atoms with Crippen molar-refractivity contribution < 1.29 is 13.5 Å². The number of amides is 1. The lowest BCUT2D eigenvalue weighted by Gasteiger charge is -2.04. The number of benzene rings is 2. The maximum atomic E-state index is 12.7. The molecule has 0 spiro atoms. The maximum absolute atomic E-state index is 12.7. The molecule has 3 rings (SSSR count). The van der Waals surface area contributed by atoms with E-state index in [0.29, 0.717) is 21.9 Å². The summed E-state index contributed by atoms with van der Waals surface area (Å²) in [5.41, 5.74) is 1.92. The van der Waals surface area contributed by atoms with E-state index in [-0.39, 0.29) is 0 Å². The van der Waals surface area contributed by atoms with Crippen molar-refractivity contribution in [3.8, 4) is 11.3 Å². The van der Waals surface area contributed by atoms with Crippen LogP contribution in [0.4, 0.5) is 0 Å². The van der Waals surface area contributed by atoms with Crippen LogP contribution in [0.2, 0.25) is 0 Å². The summed E-state index contributed by atoms with van der Waals surface area (Å²) in [6.45, 7) is 1.81. The molecular weight excluding hydrogens is 324 g/mol. The fourth-order valence-corrected chi connectivity index (χ4v) is 3.41. The van der Waals surface area contributed by atoms with E-state index in [9.17, 15) is 9.00 Å². The van der Waals surface area contributed by atoms with Crippen molar-refractivity contribution >= 4 is 15.6 Å². The van der Waals surface area contributed by atoms with Gasteiger partial charge in [-0.3, -0.25) is 4.79 Å². The van der Waals surface area contributed by atoms with Gasteiger partial charge in [0.25, 0.3) is 5.91 Å².